The molecule has 0 radical (unpaired) electrons. The Morgan fingerprint density at radius 1 is 0.340 bits per heavy atom. The molecule has 1 heterocycles. The van der Waals surface area contributed by atoms with Gasteiger partial charge in [0.2, 0.25) is 5.89 Å². The minimum Gasteiger partial charge on any atom is -0.435 e. The molecule has 0 saturated carbocycles. The fourth-order valence-corrected chi connectivity index (χ4v) is 7.54. The maximum Gasteiger partial charge on any atom is 0.227 e. The van der Waals surface area contributed by atoms with E-state index in [0.29, 0.717) is 5.89 Å². The lowest BCUT2D eigenvalue weighted by atomic mass is 9.99. The second kappa shape index (κ2) is 12.9. The van der Waals surface area contributed by atoms with Crippen LogP contribution >= 0.6 is 0 Å². The Hall–Kier alpha value is -7.17. The van der Waals surface area contributed by atoms with Crippen LogP contribution in [0.15, 0.2) is 205 Å². The Morgan fingerprint density at radius 3 is 1.57 bits per heavy atom. The highest BCUT2D eigenvalue weighted by Gasteiger charge is 2.20. The number of benzene rings is 9. The highest BCUT2D eigenvalue weighted by Crippen LogP contribution is 2.43. The van der Waals surface area contributed by atoms with E-state index in [0.717, 1.165) is 72.3 Å². The molecular weight excluding hydrogens is 647 g/mol. The molecule has 0 amide bonds. The van der Waals surface area contributed by atoms with Crippen LogP contribution in [0.1, 0.15) is 0 Å². The van der Waals surface area contributed by atoms with Crippen molar-refractivity contribution in [1.29, 1.82) is 0 Å². The van der Waals surface area contributed by atoms with Crippen LogP contribution in [0.2, 0.25) is 0 Å². The number of para-hydroxylation sites is 3. The topological polar surface area (TPSA) is 32.5 Å². The third-order valence-electron chi connectivity index (χ3n) is 9.99. The number of rotatable bonds is 7. The van der Waals surface area contributed by atoms with Gasteiger partial charge in [0.1, 0.15) is 5.52 Å². The molecule has 0 atom stereocenters. The Kier molecular flexibility index (Phi) is 7.43. The van der Waals surface area contributed by atoms with Gasteiger partial charge in [0.15, 0.2) is 5.58 Å². The second-order valence-corrected chi connectivity index (χ2v) is 13.2. The van der Waals surface area contributed by atoms with Crippen molar-refractivity contribution in [3.05, 3.63) is 200 Å². The molecule has 10 rings (SSSR count). The van der Waals surface area contributed by atoms with E-state index in [4.69, 9.17) is 9.40 Å². The largest absolute Gasteiger partial charge is 0.435 e. The molecule has 10 aromatic rings. The first-order valence-electron chi connectivity index (χ1n) is 17.9. The summed E-state index contributed by atoms with van der Waals surface area (Å²) in [5, 5.41) is 6.76. The molecule has 0 aliphatic rings. The molecule has 53 heavy (non-hydrogen) atoms. The third kappa shape index (κ3) is 5.45. The molecule has 0 bridgehead atoms. The average Bonchev–Trinajstić information content (AvgIpc) is 3.69. The van der Waals surface area contributed by atoms with Crippen LogP contribution in [-0.4, -0.2) is 4.98 Å². The van der Waals surface area contributed by atoms with Crippen molar-refractivity contribution in [2.24, 2.45) is 0 Å². The standard InChI is InChI=1S/C49H33N3O/c1-4-18-37(19-5-1)51(38-20-6-2-7-21-38)40-24-14-17-36(32-40)49-50-47-44-30-29-42(33-46(44)43-25-12-13-26-45(43)48(47)53-49)52(39-22-8-3-9-23-39)41-28-27-34-15-10-11-16-35(34)31-41/h1-33H. The molecule has 0 aliphatic carbocycles. The number of fused-ring (bicyclic) bond motifs is 7. The quantitative estimate of drug-likeness (QED) is 0.157. The van der Waals surface area contributed by atoms with Crippen molar-refractivity contribution in [2.45, 2.75) is 0 Å². The van der Waals surface area contributed by atoms with Crippen LogP contribution in [0, 0.1) is 0 Å². The van der Waals surface area contributed by atoms with Crippen molar-refractivity contribution in [3.63, 3.8) is 0 Å². The number of hydrogen-bond donors (Lipinski definition) is 0. The zero-order valence-electron chi connectivity index (χ0n) is 28.8. The van der Waals surface area contributed by atoms with Crippen LogP contribution in [0.3, 0.4) is 0 Å². The summed E-state index contributed by atoms with van der Waals surface area (Å²) in [5.41, 5.74) is 9.00. The monoisotopic (exact) mass is 679 g/mol. The number of nitrogens with zero attached hydrogens (tertiary/aromatic N) is 3. The molecule has 0 saturated heterocycles. The lowest BCUT2D eigenvalue weighted by Gasteiger charge is -2.26. The normalized spacial score (nSPS) is 11.4. The van der Waals surface area contributed by atoms with Gasteiger partial charge in [0.25, 0.3) is 0 Å². The number of aromatic nitrogens is 1. The van der Waals surface area contributed by atoms with Crippen molar-refractivity contribution in [1.82, 2.24) is 4.98 Å². The van der Waals surface area contributed by atoms with Gasteiger partial charge >= 0.3 is 0 Å². The highest BCUT2D eigenvalue weighted by atomic mass is 16.3. The Labute approximate surface area is 307 Å². The van der Waals surface area contributed by atoms with Crippen molar-refractivity contribution < 1.29 is 4.42 Å². The zero-order valence-corrected chi connectivity index (χ0v) is 28.8. The van der Waals surface area contributed by atoms with E-state index in [1.54, 1.807) is 0 Å². The molecule has 4 nitrogen and oxygen atoms in total. The third-order valence-corrected chi connectivity index (χ3v) is 9.99. The minimum atomic E-state index is 0.590. The lowest BCUT2D eigenvalue weighted by molar-refractivity contribution is 0.623. The summed E-state index contributed by atoms with van der Waals surface area (Å²) in [6.07, 6.45) is 0. The Balaban J connectivity index is 1.13. The molecular formula is C49H33N3O. The van der Waals surface area contributed by atoms with Gasteiger partial charge in [-0.15, -0.1) is 0 Å². The average molecular weight is 680 g/mol. The van der Waals surface area contributed by atoms with Crippen LogP contribution in [0.25, 0.3) is 54.9 Å². The summed E-state index contributed by atoms with van der Waals surface area (Å²) in [5.74, 6) is 0.590. The molecule has 1 aromatic heterocycles. The van der Waals surface area contributed by atoms with Crippen molar-refractivity contribution >= 4 is 77.5 Å². The fourth-order valence-electron chi connectivity index (χ4n) is 7.54. The number of anilines is 6. The fraction of sp³-hybridized carbons (Fsp3) is 0. The van der Waals surface area contributed by atoms with Gasteiger partial charge in [-0.25, -0.2) is 4.98 Å². The first-order chi connectivity index (χ1) is 26.3. The molecule has 250 valence electrons. The van der Waals surface area contributed by atoms with Crippen molar-refractivity contribution in [3.8, 4) is 11.5 Å². The predicted octanol–water partition coefficient (Wildman–Crippen LogP) is 13.9. The summed E-state index contributed by atoms with van der Waals surface area (Å²) < 4.78 is 6.74. The van der Waals surface area contributed by atoms with Gasteiger partial charge in [0.05, 0.1) is 0 Å². The van der Waals surface area contributed by atoms with E-state index in [1.165, 1.54) is 10.8 Å². The van der Waals surface area contributed by atoms with Gasteiger partial charge in [-0.2, -0.15) is 0 Å². The molecule has 9 aromatic carbocycles. The molecule has 0 unspecified atom stereocenters. The summed E-state index contributed by atoms with van der Waals surface area (Å²) in [6.45, 7) is 0. The van der Waals surface area contributed by atoms with E-state index >= 15 is 0 Å². The molecule has 0 N–H and O–H groups in total. The summed E-state index contributed by atoms with van der Waals surface area (Å²) in [4.78, 5) is 9.82. The van der Waals surface area contributed by atoms with Gasteiger partial charge in [0, 0.05) is 50.5 Å². The van der Waals surface area contributed by atoms with E-state index in [2.05, 4.69) is 198 Å². The van der Waals surface area contributed by atoms with Gasteiger partial charge in [-0.3, -0.25) is 0 Å². The van der Waals surface area contributed by atoms with E-state index in [-0.39, 0.29) is 0 Å². The SMILES string of the molecule is c1ccc(N(c2ccccc2)c2cccc(-c3nc4c5ccc(N(c6ccccc6)c6ccc7ccccc7c6)cc5c5ccccc5c4o3)c2)cc1. The van der Waals surface area contributed by atoms with Gasteiger partial charge in [-0.05, 0) is 106 Å². The first kappa shape index (κ1) is 30.6. The molecule has 4 heteroatoms. The first-order valence-corrected chi connectivity index (χ1v) is 17.9. The van der Waals surface area contributed by atoms with Crippen LogP contribution in [0.4, 0.5) is 34.1 Å². The Bertz CT molecular complexity index is 2860. The van der Waals surface area contributed by atoms with Crippen molar-refractivity contribution in [2.75, 3.05) is 9.80 Å². The maximum atomic E-state index is 6.74. The minimum absolute atomic E-state index is 0.590. The molecule has 0 spiro atoms. The maximum absolute atomic E-state index is 6.74. The second-order valence-electron chi connectivity index (χ2n) is 13.2. The van der Waals surface area contributed by atoms with Gasteiger partial charge < -0.3 is 14.2 Å². The molecule has 0 fully saturated rings. The lowest BCUT2D eigenvalue weighted by Crippen LogP contribution is -2.09. The zero-order chi connectivity index (χ0) is 35.1. The number of oxazole rings is 1. The van der Waals surface area contributed by atoms with Gasteiger partial charge in [-0.1, -0.05) is 115 Å². The van der Waals surface area contributed by atoms with E-state index in [9.17, 15) is 0 Å². The van der Waals surface area contributed by atoms with Crippen LogP contribution < -0.4 is 9.80 Å². The summed E-state index contributed by atoms with van der Waals surface area (Å²) >= 11 is 0. The highest BCUT2D eigenvalue weighted by molar-refractivity contribution is 6.23. The Morgan fingerprint density at radius 2 is 0.868 bits per heavy atom. The smallest absolute Gasteiger partial charge is 0.227 e. The molecule has 0 aliphatic heterocycles. The van der Waals surface area contributed by atoms with Crippen LogP contribution in [0.5, 0.6) is 0 Å². The predicted molar refractivity (Wildman–Crippen MR) is 221 cm³/mol. The summed E-state index contributed by atoms with van der Waals surface area (Å²) in [6, 6.07) is 70.3. The van der Waals surface area contributed by atoms with Crippen LogP contribution in [-0.2, 0) is 0 Å². The van der Waals surface area contributed by atoms with E-state index in [1.807, 2.05) is 12.1 Å². The number of hydrogen-bond acceptors (Lipinski definition) is 4. The summed E-state index contributed by atoms with van der Waals surface area (Å²) in [7, 11) is 0. The van der Waals surface area contributed by atoms with E-state index < -0.39 is 0 Å².